The summed E-state index contributed by atoms with van der Waals surface area (Å²) in [5.41, 5.74) is 5.70. The Balaban J connectivity index is 0. The molecule has 0 saturated carbocycles. The molecule has 10 heavy (non-hydrogen) atoms. The van der Waals surface area contributed by atoms with Crippen LogP contribution in [0.25, 0.3) is 0 Å². The van der Waals surface area contributed by atoms with E-state index >= 15 is 0 Å². The first kappa shape index (κ1) is 11.5. The lowest BCUT2D eigenvalue weighted by molar-refractivity contribution is -0.112. The highest BCUT2D eigenvalue weighted by atomic mass is 16.1. The minimum Gasteiger partial charge on any atom is -0.402 e. The van der Waals surface area contributed by atoms with E-state index in [-0.39, 0.29) is 5.78 Å². The van der Waals surface area contributed by atoms with Crippen LogP contribution < -0.4 is 5.73 Å². The quantitative estimate of drug-likeness (QED) is 0.552. The molecule has 3 heteroatoms. The third-order valence-electron chi connectivity index (χ3n) is 0.431. The lowest BCUT2D eigenvalue weighted by Gasteiger charge is -1.81. The summed E-state index contributed by atoms with van der Waals surface area (Å²) < 4.78 is 0. The van der Waals surface area contributed by atoms with Crippen LogP contribution in [0.3, 0.4) is 0 Å². The summed E-state index contributed by atoms with van der Waals surface area (Å²) >= 11 is 0. The summed E-state index contributed by atoms with van der Waals surface area (Å²) in [7, 11) is 0. The van der Waals surface area contributed by atoms with Gasteiger partial charge < -0.3 is 5.73 Å². The molecule has 0 aromatic carbocycles. The molecule has 0 atom stereocenters. The van der Waals surface area contributed by atoms with Crippen LogP contribution in [0.2, 0.25) is 0 Å². The normalized spacial score (nSPS) is 8.80. The average molecular weight is 140 g/mol. The van der Waals surface area contributed by atoms with Crippen molar-refractivity contribution in [1.29, 1.82) is 5.26 Å². The topological polar surface area (TPSA) is 66.9 Å². The second-order valence-electron chi connectivity index (χ2n) is 1.72. The number of nitrogens with zero attached hydrogens (tertiary/aromatic N) is 1. The van der Waals surface area contributed by atoms with E-state index in [0.29, 0.717) is 5.70 Å². The van der Waals surface area contributed by atoms with Gasteiger partial charge in [0.05, 0.1) is 6.07 Å². The lowest BCUT2D eigenvalue weighted by Crippen LogP contribution is -1.93. The molecule has 0 unspecified atom stereocenters. The van der Waals surface area contributed by atoms with Gasteiger partial charge in [0.1, 0.15) is 0 Å². The lowest BCUT2D eigenvalue weighted by atomic mass is 10.3. The van der Waals surface area contributed by atoms with Crippen molar-refractivity contribution in [2.45, 2.75) is 20.8 Å². The predicted octanol–water partition coefficient (Wildman–Crippen LogP) is 0.968. The summed E-state index contributed by atoms with van der Waals surface area (Å²) in [6, 6.07) is 1.75. The first-order valence-corrected chi connectivity index (χ1v) is 2.79. The van der Waals surface area contributed by atoms with Gasteiger partial charge in [0.15, 0.2) is 5.78 Å². The fourth-order valence-corrected chi connectivity index (χ4v) is 0.321. The molecule has 2 N–H and O–H groups in total. The molecular weight excluding hydrogens is 128 g/mol. The van der Waals surface area contributed by atoms with E-state index in [0.717, 1.165) is 0 Å². The van der Waals surface area contributed by atoms with Crippen LogP contribution in [0.15, 0.2) is 11.8 Å². The molecule has 0 aromatic rings. The zero-order chi connectivity index (χ0) is 8.57. The Labute approximate surface area is 61.1 Å². The number of nitriles is 1. The van der Waals surface area contributed by atoms with Crippen molar-refractivity contribution in [3.8, 4) is 6.07 Å². The zero-order valence-electron chi connectivity index (χ0n) is 6.51. The molecule has 0 aliphatic rings. The van der Waals surface area contributed by atoms with Gasteiger partial charge >= 0.3 is 0 Å². The highest BCUT2D eigenvalue weighted by Gasteiger charge is 1.80. The molecule has 0 rings (SSSR count). The maximum Gasteiger partial charge on any atom is 0.154 e. The highest BCUT2D eigenvalue weighted by Crippen LogP contribution is 1.78. The van der Waals surface area contributed by atoms with Crippen LogP contribution in [0.5, 0.6) is 0 Å². The molecule has 0 bridgehead atoms. The Hall–Kier alpha value is -1.30. The summed E-state index contributed by atoms with van der Waals surface area (Å²) in [6.45, 7) is 4.58. The monoisotopic (exact) mass is 140 g/mol. The van der Waals surface area contributed by atoms with Gasteiger partial charge in [-0.15, -0.1) is 0 Å². The number of hydrogen-bond acceptors (Lipinski definition) is 3. The van der Waals surface area contributed by atoms with E-state index in [1.54, 1.807) is 13.0 Å². The van der Waals surface area contributed by atoms with Crippen molar-refractivity contribution in [3.63, 3.8) is 0 Å². The summed E-state index contributed by atoms with van der Waals surface area (Å²) in [5, 5.41) is 7.32. The first-order chi connectivity index (χ1) is 4.54. The predicted molar refractivity (Wildman–Crippen MR) is 39.9 cm³/mol. The molecule has 0 heterocycles. The smallest absolute Gasteiger partial charge is 0.154 e. The largest absolute Gasteiger partial charge is 0.402 e. The van der Waals surface area contributed by atoms with Gasteiger partial charge in [-0.2, -0.15) is 5.26 Å². The molecule has 3 nitrogen and oxygen atoms in total. The maximum absolute atomic E-state index is 10.1. The molecule has 0 radical (unpaired) electrons. The standard InChI is InChI=1S/C5H9NO.C2H3N/c1-4(6)3-5(2)7;1-2-3/h3H,6H2,1-2H3;1H3. The van der Waals surface area contributed by atoms with Gasteiger partial charge in [-0.3, -0.25) is 4.79 Å². The highest BCUT2D eigenvalue weighted by molar-refractivity contribution is 5.87. The number of ketones is 1. The SMILES string of the molecule is CC#N.CC(=O)C=C(C)N. The summed E-state index contributed by atoms with van der Waals surface area (Å²) in [4.78, 5) is 10.1. The van der Waals surface area contributed by atoms with Gasteiger partial charge in [-0.05, 0) is 19.9 Å². The minimum atomic E-state index is 0.000000000000000444. The maximum atomic E-state index is 10.1. The number of rotatable bonds is 1. The Morgan fingerprint density at radius 3 is 1.90 bits per heavy atom. The molecular formula is C7H12N2O. The second kappa shape index (κ2) is 7.70. The Kier molecular flexibility index (Phi) is 8.85. The average Bonchev–Trinajstić information content (AvgIpc) is 1.62. The van der Waals surface area contributed by atoms with Crippen molar-refractivity contribution in [3.05, 3.63) is 11.8 Å². The van der Waals surface area contributed by atoms with Crippen molar-refractivity contribution >= 4 is 5.78 Å². The van der Waals surface area contributed by atoms with Crippen LogP contribution in [0.1, 0.15) is 20.8 Å². The van der Waals surface area contributed by atoms with Gasteiger partial charge in [0.25, 0.3) is 0 Å². The summed E-state index contributed by atoms with van der Waals surface area (Å²) in [5.74, 6) is 0.000000000000000444. The van der Waals surface area contributed by atoms with E-state index < -0.39 is 0 Å². The molecule has 0 aromatic heterocycles. The molecule has 0 aliphatic heterocycles. The van der Waals surface area contributed by atoms with Gasteiger partial charge in [-0.1, -0.05) is 0 Å². The number of allylic oxidation sites excluding steroid dienone is 2. The Morgan fingerprint density at radius 1 is 1.60 bits per heavy atom. The number of hydrogen-bond donors (Lipinski definition) is 1. The number of nitrogens with two attached hydrogens (primary N) is 1. The van der Waals surface area contributed by atoms with Gasteiger partial charge in [-0.25, -0.2) is 0 Å². The minimum absolute atomic E-state index is 0.000000000000000444. The number of carbonyl (C=O) groups is 1. The van der Waals surface area contributed by atoms with E-state index in [1.165, 1.54) is 19.9 Å². The van der Waals surface area contributed by atoms with E-state index in [4.69, 9.17) is 11.0 Å². The van der Waals surface area contributed by atoms with Crippen LogP contribution in [-0.2, 0) is 4.79 Å². The summed E-state index contributed by atoms with van der Waals surface area (Å²) in [6.07, 6.45) is 1.39. The first-order valence-electron chi connectivity index (χ1n) is 2.79. The van der Waals surface area contributed by atoms with Crippen molar-refractivity contribution in [2.75, 3.05) is 0 Å². The fraction of sp³-hybridized carbons (Fsp3) is 0.429. The molecule has 0 saturated heterocycles. The van der Waals surface area contributed by atoms with Crippen LogP contribution in [-0.4, -0.2) is 5.78 Å². The second-order valence-corrected chi connectivity index (χ2v) is 1.72. The fourth-order valence-electron chi connectivity index (χ4n) is 0.321. The molecule has 0 fully saturated rings. The van der Waals surface area contributed by atoms with Gasteiger partial charge in [0, 0.05) is 12.6 Å². The molecule has 0 amide bonds. The van der Waals surface area contributed by atoms with E-state index in [9.17, 15) is 4.79 Å². The zero-order valence-corrected chi connectivity index (χ0v) is 6.51. The van der Waals surface area contributed by atoms with Crippen molar-refractivity contribution in [1.82, 2.24) is 0 Å². The number of carbonyl (C=O) groups excluding carboxylic acids is 1. The third kappa shape index (κ3) is 29.9. The van der Waals surface area contributed by atoms with Crippen molar-refractivity contribution in [2.24, 2.45) is 5.73 Å². The van der Waals surface area contributed by atoms with Crippen LogP contribution >= 0.6 is 0 Å². The molecule has 56 valence electrons. The van der Waals surface area contributed by atoms with Gasteiger partial charge in [0.2, 0.25) is 0 Å². The van der Waals surface area contributed by atoms with Crippen molar-refractivity contribution < 1.29 is 4.79 Å². The van der Waals surface area contributed by atoms with Crippen LogP contribution in [0, 0.1) is 11.3 Å². The van der Waals surface area contributed by atoms with E-state index in [1.807, 2.05) is 0 Å². The Morgan fingerprint density at radius 2 is 1.90 bits per heavy atom. The molecule has 0 spiro atoms. The molecule has 0 aliphatic carbocycles. The Bertz CT molecular complexity index is 161. The van der Waals surface area contributed by atoms with E-state index in [2.05, 4.69) is 0 Å². The third-order valence-corrected chi connectivity index (χ3v) is 0.431. The van der Waals surface area contributed by atoms with Crippen LogP contribution in [0.4, 0.5) is 0 Å².